The van der Waals surface area contributed by atoms with Crippen molar-refractivity contribution in [3.8, 4) is 0 Å². The summed E-state index contributed by atoms with van der Waals surface area (Å²) < 4.78 is 0. The zero-order valence-corrected chi connectivity index (χ0v) is 10.2. The van der Waals surface area contributed by atoms with E-state index in [1.165, 1.54) is 37.4 Å². The lowest BCUT2D eigenvalue weighted by atomic mass is 10.2. The van der Waals surface area contributed by atoms with E-state index in [1.807, 2.05) is 7.05 Å². The molecule has 0 aromatic heterocycles. The van der Waals surface area contributed by atoms with Gasteiger partial charge in [0, 0.05) is 45.5 Å². The van der Waals surface area contributed by atoms with E-state index in [4.69, 9.17) is 0 Å². The van der Waals surface area contributed by atoms with Crippen LogP contribution in [0.3, 0.4) is 0 Å². The molecule has 1 aliphatic rings. The highest BCUT2D eigenvalue weighted by molar-refractivity contribution is 5.43. The van der Waals surface area contributed by atoms with Crippen LogP contribution < -0.4 is 5.32 Å². The Morgan fingerprint density at radius 2 is 1.69 bits per heavy atom. The summed E-state index contributed by atoms with van der Waals surface area (Å²) in [6.07, 6.45) is 0. The molecule has 3 nitrogen and oxygen atoms in total. The second kappa shape index (κ2) is 5.32. The highest BCUT2D eigenvalue weighted by Gasteiger charge is 2.13. The number of anilines is 1. The van der Waals surface area contributed by atoms with Crippen LogP contribution in [0.15, 0.2) is 24.3 Å². The molecule has 0 atom stereocenters. The molecule has 16 heavy (non-hydrogen) atoms. The molecule has 3 heteroatoms. The number of benzene rings is 1. The van der Waals surface area contributed by atoms with Gasteiger partial charge in [-0.2, -0.15) is 0 Å². The Hall–Kier alpha value is -1.06. The number of rotatable bonds is 3. The first-order valence-electron chi connectivity index (χ1n) is 5.95. The molecule has 1 fully saturated rings. The van der Waals surface area contributed by atoms with E-state index in [0.717, 1.165) is 6.54 Å². The molecule has 2 rings (SSSR count). The standard InChI is InChI=1S/C13H21N3/c1-14-13-5-3-12(4-6-13)11-16-9-7-15(2)8-10-16/h3-6,14H,7-11H2,1-2H3. The number of hydrogen-bond acceptors (Lipinski definition) is 3. The third-order valence-corrected chi connectivity index (χ3v) is 3.24. The van der Waals surface area contributed by atoms with Gasteiger partial charge in [-0.05, 0) is 24.7 Å². The van der Waals surface area contributed by atoms with Crippen molar-refractivity contribution in [2.45, 2.75) is 6.54 Å². The van der Waals surface area contributed by atoms with E-state index in [1.54, 1.807) is 0 Å². The van der Waals surface area contributed by atoms with E-state index >= 15 is 0 Å². The molecule has 0 spiro atoms. The Morgan fingerprint density at radius 3 is 2.25 bits per heavy atom. The summed E-state index contributed by atoms with van der Waals surface area (Å²) in [4.78, 5) is 4.91. The maximum absolute atomic E-state index is 3.14. The molecule has 1 aromatic carbocycles. The smallest absolute Gasteiger partial charge is 0.0337 e. The molecular weight excluding hydrogens is 198 g/mol. The van der Waals surface area contributed by atoms with Crippen LogP contribution in [0, 0.1) is 0 Å². The number of hydrogen-bond donors (Lipinski definition) is 1. The van der Waals surface area contributed by atoms with Crippen molar-refractivity contribution in [3.63, 3.8) is 0 Å². The SMILES string of the molecule is CNc1ccc(CN2CCN(C)CC2)cc1. The van der Waals surface area contributed by atoms with Crippen LogP contribution in [0.1, 0.15) is 5.56 Å². The van der Waals surface area contributed by atoms with Gasteiger partial charge in [0.2, 0.25) is 0 Å². The summed E-state index contributed by atoms with van der Waals surface area (Å²) in [5.41, 5.74) is 2.59. The first-order valence-corrected chi connectivity index (χ1v) is 5.95. The highest BCUT2D eigenvalue weighted by Crippen LogP contribution is 2.11. The fourth-order valence-electron chi connectivity index (χ4n) is 2.04. The summed E-state index contributed by atoms with van der Waals surface area (Å²) >= 11 is 0. The van der Waals surface area contributed by atoms with Gasteiger partial charge in [-0.25, -0.2) is 0 Å². The Bertz CT molecular complexity index is 312. The van der Waals surface area contributed by atoms with Gasteiger partial charge in [-0.1, -0.05) is 12.1 Å². The maximum Gasteiger partial charge on any atom is 0.0337 e. The third-order valence-electron chi connectivity index (χ3n) is 3.24. The molecule has 0 amide bonds. The molecule has 1 saturated heterocycles. The zero-order chi connectivity index (χ0) is 11.4. The third kappa shape index (κ3) is 2.97. The van der Waals surface area contributed by atoms with Gasteiger partial charge in [0.1, 0.15) is 0 Å². The Balaban J connectivity index is 1.88. The van der Waals surface area contributed by atoms with Crippen molar-refractivity contribution in [3.05, 3.63) is 29.8 Å². The Labute approximate surface area is 98.0 Å². The predicted molar refractivity (Wildman–Crippen MR) is 68.8 cm³/mol. The van der Waals surface area contributed by atoms with Crippen LogP contribution in [0.4, 0.5) is 5.69 Å². The lowest BCUT2D eigenvalue weighted by Gasteiger charge is -2.32. The van der Waals surface area contributed by atoms with Gasteiger partial charge in [0.25, 0.3) is 0 Å². The van der Waals surface area contributed by atoms with Crippen LogP contribution in [0.25, 0.3) is 0 Å². The van der Waals surface area contributed by atoms with E-state index in [0.29, 0.717) is 0 Å². The second-order valence-corrected chi connectivity index (χ2v) is 4.53. The van der Waals surface area contributed by atoms with E-state index in [2.05, 4.69) is 46.4 Å². The van der Waals surface area contributed by atoms with Crippen molar-refractivity contribution in [2.24, 2.45) is 0 Å². The predicted octanol–water partition coefficient (Wildman–Crippen LogP) is 1.48. The molecule has 0 unspecified atom stereocenters. The van der Waals surface area contributed by atoms with Crippen molar-refractivity contribution in [2.75, 3.05) is 45.6 Å². The fraction of sp³-hybridized carbons (Fsp3) is 0.538. The van der Waals surface area contributed by atoms with E-state index in [9.17, 15) is 0 Å². The quantitative estimate of drug-likeness (QED) is 0.830. The summed E-state index contributed by atoms with van der Waals surface area (Å²) in [5, 5.41) is 3.14. The molecule has 0 radical (unpaired) electrons. The minimum Gasteiger partial charge on any atom is -0.388 e. The van der Waals surface area contributed by atoms with Crippen molar-refractivity contribution in [1.82, 2.24) is 9.80 Å². The topological polar surface area (TPSA) is 18.5 Å². The zero-order valence-electron chi connectivity index (χ0n) is 10.2. The van der Waals surface area contributed by atoms with Crippen LogP contribution in [-0.4, -0.2) is 50.1 Å². The van der Waals surface area contributed by atoms with Crippen molar-refractivity contribution >= 4 is 5.69 Å². The van der Waals surface area contributed by atoms with Gasteiger partial charge < -0.3 is 10.2 Å². The number of nitrogens with zero attached hydrogens (tertiary/aromatic N) is 2. The second-order valence-electron chi connectivity index (χ2n) is 4.53. The van der Waals surface area contributed by atoms with E-state index < -0.39 is 0 Å². The van der Waals surface area contributed by atoms with E-state index in [-0.39, 0.29) is 0 Å². The summed E-state index contributed by atoms with van der Waals surface area (Å²) in [7, 11) is 4.15. The minimum atomic E-state index is 1.08. The van der Waals surface area contributed by atoms with Crippen molar-refractivity contribution < 1.29 is 0 Å². The van der Waals surface area contributed by atoms with Crippen LogP contribution >= 0.6 is 0 Å². The number of piperazine rings is 1. The van der Waals surface area contributed by atoms with Gasteiger partial charge in [-0.15, -0.1) is 0 Å². The number of nitrogens with one attached hydrogen (secondary N) is 1. The first kappa shape index (κ1) is 11.4. The van der Waals surface area contributed by atoms with Crippen LogP contribution in [0.2, 0.25) is 0 Å². The Kier molecular flexibility index (Phi) is 3.80. The van der Waals surface area contributed by atoms with Crippen LogP contribution in [-0.2, 0) is 6.54 Å². The van der Waals surface area contributed by atoms with Gasteiger partial charge in [0.15, 0.2) is 0 Å². The van der Waals surface area contributed by atoms with Crippen molar-refractivity contribution in [1.29, 1.82) is 0 Å². The monoisotopic (exact) mass is 219 g/mol. The van der Waals surface area contributed by atoms with Gasteiger partial charge in [0.05, 0.1) is 0 Å². The molecule has 1 aliphatic heterocycles. The average molecular weight is 219 g/mol. The summed E-state index contributed by atoms with van der Waals surface area (Å²) in [6, 6.07) is 8.71. The molecule has 0 saturated carbocycles. The fourth-order valence-corrected chi connectivity index (χ4v) is 2.04. The molecule has 1 N–H and O–H groups in total. The lowest BCUT2D eigenvalue weighted by Crippen LogP contribution is -2.43. The molecule has 1 heterocycles. The summed E-state index contributed by atoms with van der Waals surface area (Å²) in [5.74, 6) is 0. The summed E-state index contributed by atoms with van der Waals surface area (Å²) in [6.45, 7) is 5.83. The number of likely N-dealkylation sites (N-methyl/N-ethyl adjacent to an activating group) is 1. The molecule has 0 aliphatic carbocycles. The first-order chi connectivity index (χ1) is 7.78. The molecule has 0 bridgehead atoms. The highest BCUT2D eigenvalue weighted by atomic mass is 15.2. The van der Waals surface area contributed by atoms with Gasteiger partial charge in [-0.3, -0.25) is 4.90 Å². The Morgan fingerprint density at radius 1 is 1.06 bits per heavy atom. The normalized spacial score (nSPS) is 18.6. The van der Waals surface area contributed by atoms with Gasteiger partial charge >= 0.3 is 0 Å². The average Bonchev–Trinajstić information content (AvgIpc) is 2.33. The minimum absolute atomic E-state index is 1.08. The molecule has 88 valence electrons. The van der Waals surface area contributed by atoms with Crippen LogP contribution in [0.5, 0.6) is 0 Å². The molecule has 1 aromatic rings. The lowest BCUT2D eigenvalue weighted by molar-refractivity contribution is 0.148. The largest absolute Gasteiger partial charge is 0.388 e. The maximum atomic E-state index is 3.14. The molecular formula is C13H21N3.